The van der Waals surface area contributed by atoms with E-state index >= 15 is 0 Å². The molecule has 15 heavy (non-hydrogen) atoms. The van der Waals surface area contributed by atoms with Crippen molar-refractivity contribution in [3.05, 3.63) is 0 Å². The summed E-state index contributed by atoms with van der Waals surface area (Å²) in [4.78, 5) is 11.6. The van der Waals surface area contributed by atoms with Crippen molar-refractivity contribution in [1.82, 2.24) is 5.32 Å². The zero-order chi connectivity index (χ0) is 11.3. The number of carbonyl (C=O) groups is 1. The molecule has 1 heterocycles. The molecule has 1 aliphatic rings. The van der Waals surface area contributed by atoms with Gasteiger partial charge in [0.05, 0.1) is 19.1 Å². The molecule has 0 bridgehead atoms. The molecule has 3 unspecified atom stereocenters. The summed E-state index contributed by atoms with van der Waals surface area (Å²) in [6, 6.07) is -0.136. The van der Waals surface area contributed by atoms with Crippen molar-refractivity contribution >= 4 is 17.7 Å². The second-order valence-electron chi connectivity index (χ2n) is 3.93. The molecule has 0 saturated carbocycles. The van der Waals surface area contributed by atoms with Gasteiger partial charge in [0.2, 0.25) is 5.91 Å². The molecule has 1 aliphatic heterocycles. The number of hydrogen-bond donors (Lipinski definition) is 2. The maximum atomic E-state index is 11.6. The first kappa shape index (κ1) is 12.8. The molecular formula is C10H20N2O2S. The Kier molecular flexibility index (Phi) is 5.42. The highest BCUT2D eigenvalue weighted by Crippen LogP contribution is 2.12. The van der Waals surface area contributed by atoms with E-state index in [-0.39, 0.29) is 17.9 Å². The van der Waals surface area contributed by atoms with E-state index in [0.717, 1.165) is 13.0 Å². The molecule has 1 saturated heterocycles. The maximum absolute atomic E-state index is 11.6. The largest absolute Gasteiger partial charge is 0.379 e. The third-order valence-corrected chi connectivity index (χ3v) is 3.75. The first-order valence-corrected chi connectivity index (χ1v) is 6.57. The summed E-state index contributed by atoms with van der Waals surface area (Å²) < 4.78 is 5.15. The van der Waals surface area contributed by atoms with Gasteiger partial charge in [-0.25, -0.2) is 0 Å². The molecule has 1 fully saturated rings. The predicted octanol–water partition coefficient (Wildman–Crippen LogP) is 0.218. The van der Waals surface area contributed by atoms with Crippen LogP contribution in [-0.2, 0) is 9.53 Å². The molecule has 0 aromatic carbocycles. The molecule has 4 nitrogen and oxygen atoms in total. The molecular weight excluding hydrogens is 212 g/mol. The highest BCUT2D eigenvalue weighted by molar-refractivity contribution is 7.99. The van der Waals surface area contributed by atoms with Crippen LogP contribution in [0.25, 0.3) is 0 Å². The number of hydrogen-bond acceptors (Lipinski definition) is 4. The van der Waals surface area contributed by atoms with Gasteiger partial charge in [0.1, 0.15) is 0 Å². The van der Waals surface area contributed by atoms with Crippen molar-refractivity contribution in [3.63, 3.8) is 0 Å². The highest BCUT2D eigenvalue weighted by atomic mass is 32.2. The summed E-state index contributed by atoms with van der Waals surface area (Å²) in [7, 11) is 0. The predicted molar refractivity (Wildman–Crippen MR) is 62.9 cm³/mol. The Hall–Kier alpha value is -0.260. The molecule has 0 aromatic rings. The van der Waals surface area contributed by atoms with Gasteiger partial charge < -0.3 is 15.8 Å². The lowest BCUT2D eigenvalue weighted by Crippen LogP contribution is -2.41. The summed E-state index contributed by atoms with van der Waals surface area (Å²) in [6.07, 6.45) is 3.07. The minimum atomic E-state index is -0.158. The quantitative estimate of drug-likeness (QED) is 0.711. The Bertz CT molecular complexity index is 214. The number of amides is 1. The van der Waals surface area contributed by atoms with Gasteiger partial charge in [0.15, 0.2) is 0 Å². The van der Waals surface area contributed by atoms with E-state index in [4.69, 9.17) is 10.5 Å². The lowest BCUT2D eigenvalue weighted by atomic mass is 10.0. The Morgan fingerprint density at radius 2 is 2.40 bits per heavy atom. The number of carbonyl (C=O) groups excluding carboxylic acids is 1. The van der Waals surface area contributed by atoms with Crippen molar-refractivity contribution in [2.75, 3.05) is 26.0 Å². The van der Waals surface area contributed by atoms with Crippen molar-refractivity contribution in [2.24, 2.45) is 11.7 Å². The van der Waals surface area contributed by atoms with E-state index in [1.54, 1.807) is 0 Å². The summed E-state index contributed by atoms with van der Waals surface area (Å²) in [5.41, 5.74) is 5.75. The molecule has 3 atom stereocenters. The van der Waals surface area contributed by atoms with Crippen molar-refractivity contribution in [3.8, 4) is 0 Å². The maximum Gasteiger partial charge on any atom is 0.227 e. The van der Waals surface area contributed by atoms with Gasteiger partial charge in [0, 0.05) is 17.8 Å². The zero-order valence-electron chi connectivity index (χ0n) is 9.36. The first-order chi connectivity index (χ1) is 7.15. The van der Waals surface area contributed by atoms with Crippen molar-refractivity contribution in [1.29, 1.82) is 0 Å². The fourth-order valence-electron chi connectivity index (χ4n) is 1.49. The first-order valence-electron chi connectivity index (χ1n) is 5.29. The zero-order valence-corrected chi connectivity index (χ0v) is 10.2. The van der Waals surface area contributed by atoms with Crippen LogP contribution in [0.15, 0.2) is 0 Å². The fourth-order valence-corrected chi connectivity index (χ4v) is 1.84. The Morgan fingerprint density at radius 3 is 2.93 bits per heavy atom. The molecule has 1 rings (SSSR count). The van der Waals surface area contributed by atoms with E-state index in [2.05, 4.69) is 18.5 Å². The molecule has 3 N–H and O–H groups in total. The Labute approximate surface area is 95.3 Å². The molecule has 0 aliphatic carbocycles. The number of nitrogens with two attached hydrogens (primary N) is 1. The minimum absolute atomic E-state index is 0.0355. The monoisotopic (exact) mass is 232 g/mol. The van der Waals surface area contributed by atoms with Gasteiger partial charge in [-0.15, -0.1) is 0 Å². The minimum Gasteiger partial charge on any atom is -0.379 e. The number of rotatable bonds is 5. The fraction of sp³-hybridized carbons (Fsp3) is 0.900. The average molecular weight is 232 g/mol. The lowest BCUT2D eigenvalue weighted by molar-refractivity contribution is -0.125. The van der Waals surface area contributed by atoms with Gasteiger partial charge in [0.25, 0.3) is 0 Å². The van der Waals surface area contributed by atoms with E-state index < -0.39 is 0 Å². The second kappa shape index (κ2) is 6.35. The van der Waals surface area contributed by atoms with E-state index in [1.807, 2.05) is 11.8 Å². The highest BCUT2D eigenvalue weighted by Gasteiger charge is 2.30. The second-order valence-corrected chi connectivity index (χ2v) is 5.21. The topological polar surface area (TPSA) is 64.3 Å². The van der Waals surface area contributed by atoms with Gasteiger partial charge in [-0.1, -0.05) is 6.92 Å². The Balaban J connectivity index is 2.18. The average Bonchev–Trinajstić information content (AvgIpc) is 2.64. The number of thioether (sulfide) groups is 1. The van der Waals surface area contributed by atoms with E-state index in [1.165, 1.54) is 0 Å². The van der Waals surface area contributed by atoms with Crippen LogP contribution in [0.3, 0.4) is 0 Å². The van der Waals surface area contributed by atoms with Gasteiger partial charge in [-0.2, -0.15) is 11.8 Å². The molecule has 88 valence electrons. The summed E-state index contributed by atoms with van der Waals surface area (Å²) in [5, 5.41) is 3.49. The normalized spacial score (nSPS) is 27.7. The summed E-state index contributed by atoms with van der Waals surface area (Å²) >= 11 is 1.81. The van der Waals surface area contributed by atoms with Crippen LogP contribution < -0.4 is 11.1 Å². The van der Waals surface area contributed by atoms with Crippen molar-refractivity contribution in [2.45, 2.75) is 24.6 Å². The van der Waals surface area contributed by atoms with Gasteiger partial charge in [-0.05, 0) is 12.7 Å². The molecule has 0 spiro atoms. The van der Waals surface area contributed by atoms with Crippen LogP contribution in [0.5, 0.6) is 0 Å². The lowest BCUT2D eigenvalue weighted by Gasteiger charge is -2.14. The summed E-state index contributed by atoms with van der Waals surface area (Å²) in [6.45, 7) is 3.84. The third-order valence-electron chi connectivity index (χ3n) is 2.71. The van der Waals surface area contributed by atoms with E-state index in [0.29, 0.717) is 18.5 Å². The Morgan fingerprint density at radius 1 is 1.67 bits per heavy atom. The SMILES string of the molecule is CSC(C)CCNC(=O)C1COCC1N. The van der Waals surface area contributed by atoms with Crippen LogP contribution in [0, 0.1) is 5.92 Å². The smallest absolute Gasteiger partial charge is 0.227 e. The van der Waals surface area contributed by atoms with E-state index in [9.17, 15) is 4.79 Å². The van der Waals surface area contributed by atoms with Crippen LogP contribution in [0.1, 0.15) is 13.3 Å². The molecule has 1 amide bonds. The van der Waals surface area contributed by atoms with Gasteiger partial charge in [-0.3, -0.25) is 4.79 Å². The van der Waals surface area contributed by atoms with Crippen molar-refractivity contribution < 1.29 is 9.53 Å². The van der Waals surface area contributed by atoms with Crippen LogP contribution in [0.4, 0.5) is 0 Å². The number of nitrogens with one attached hydrogen (secondary N) is 1. The van der Waals surface area contributed by atoms with Crippen LogP contribution in [-0.4, -0.2) is 43.2 Å². The van der Waals surface area contributed by atoms with Gasteiger partial charge >= 0.3 is 0 Å². The summed E-state index contributed by atoms with van der Waals surface area (Å²) in [5.74, 6) is -0.122. The van der Waals surface area contributed by atoms with Crippen LogP contribution in [0.2, 0.25) is 0 Å². The third kappa shape index (κ3) is 4.01. The molecule has 5 heteroatoms. The molecule has 0 radical (unpaired) electrons. The number of ether oxygens (including phenoxy) is 1. The standard InChI is InChI=1S/C10H20N2O2S/c1-7(15-2)3-4-12-10(13)8-5-14-6-9(8)11/h7-9H,3-6,11H2,1-2H3,(H,12,13). The van der Waals surface area contributed by atoms with Crippen LogP contribution >= 0.6 is 11.8 Å². The molecule has 0 aromatic heterocycles.